The fourth-order valence-electron chi connectivity index (χ4n) is 2.32. The molecule has 2 rings (SSSR count). The number of ketones is 1. The van der Waals surface area contributed by atoms with Crippen molar-refractivity contribution in [2.45, 2.75) is 25.5 Å². The Morgan fingerprint density at radius 2 is 2.08 bits per heavy atom. The number of rotatable bonds is 7. The largest absolute Gasteiger partial charge is 0.493 e. The molecule has 7 nitrogen and oxygen atoms in total. The number of thioether (sulfide) groups is 1. The van der Waals surface area contributed by atoms with Gasteiger partial charge in [-0.25, -0.2) is 0 Å². The summed E-state index contributed by atoms with van der Waals surface area (Å²) in [6.07, 6.45) is 0. The normalized spacial score (nSPS) is 11.0. The Labute approximate surface area is 144 Å². The van der Waals surface area contributed by atoms with Crippen LogP contribution in [0.5, 0.6) is 5.88 Å². The molecule has 0 saturated carbocycles. The van der Waals surface area contributed by atoms with Gasteiger partial charge in [-0.05, 0) is 19.9 Å². The fraction of sp³-hybridized carbons (Fsp3) is 0.438. The molecular formula is C16H21N3O4S. The summed E-state index contributed by atoms with van der Waals surface area (Å²) in [5, 5.41) is 9.85. The molecule has 0 radical (unpaired) electrons. The zero-order valence-corrected chi connectivity index (χ0v) is 15.0. The Kier molecular flexibility index (Phi) is 5.84. The van der Waals surface area contributed by atoms with Crippen molar-refractivity contribution in [3.05, 3.63) is 39.4 Å². The molecule has 2 aromatic rings. The Balaban J connectivity index is 2.20. The number of carbonyl (C=O) groups is 1. The molecule has 0 aliphatic carbocycles. The van der Waals surface area contributed by atoms with Crippen LogP contribution in [0.25, 0.3) is 0 Å². The van der Waals surface area contributed by atoms with E-state index in [1.165, 1.54) is 11.7 Å². The van der Waals surface area contributed by atoms with Crippen molar-refractivity contribution in [3.63, 3.8) is 0 Å². The minimum atomic E-state index is -0.374. The van der Waals surface area contributed by atoms with Gasteiger partial charge in [0.25, 0.3) is 5.56 Å². The number of aromatic hydroxyl groups is 1. The highest BCUT2D eigenvalue weighted by molar-refractivity contribution is 7.99. The number of nitrogens with zero attached hydrogens (tertiary/aromatic N) is 3. The highest BCUT2D eigenvalue weighted by Crippen LogP contribution is 2.21. The molecule has 0 bridgehead atoms. The van der Waals surface area contributed by atoms with E-state index in [9.17, 15) is 14.7 Å². The molecule has 1 N–H and O–H groups in total. The van der Waals surface area contributed by atoms with Crippen molar-refractivity contribution in [1.82, 2.24) is 14.1 Å². The number of hydrogen-bond acceptors (Lipinski definition) is 6. The van der Waals surface area contributed by atoms with Gasteiger partial charge in [-0.3, -0.25) is 14.2 Å². The summed E-state index contributed by atoms with van der Waals surface area (Å²) in [7, 11) is 3.45. The van der Waals surface area contributed by atoms with E-state index < -0.39 is 0 Å². The monoisotopic (exact) mass is 351 g/mol. The summed E-state index contributed by atoms with van der Waals surface area (Å²) in [4.78, 5) is 28.4. The van der Waals surface area contributed by atoms with Crippen LogP contribution in [0.1, 0.15) is 21.7 Å². The summed E-state index contributed by atoms with van der Waals surface area (Å²) < 4.78 is 8.33. The molecule has 0 aliphatic rings. The van der Waals surface area contributed by atoms with Gasteiger partial charge in [-0.15, -0.1) is 0 Å². The fourth-order valence-corrected chi connectivity index (χ4v) is 3.23. The molecule has 130 valence electrons. The van der Waals surface area contributed by atoms with Gasteiger partial charge in [0, 0.05) is 31.1 Å². The van der Waals surface area contributed by atoms with E-state index in [0.29, 0.717) is 23.9 Å². The second-order valence-electron chi connectivity index (χ2n) is 5.44. The summed E-state index contributed by atoms with van der Waals surface area (Å²) in [6.45, 7) is 4.48. The lowest BCUT2D eigenvalue weighted by molar-refractivity contribution is 0.102. The third kappa shape index (κ3) is 3.88. The molecule has 24 heavy (non-hydrogen) atoms. The molecule has 2 aromatic heterocycles. The highest BCUT2D eigenvalue weighted by atomic mass is 32.2. The zero-order valence-electron chi connectivity index (χ0n) is 14.2. The van der Waals surface area contributed by atoms with Crippen molar-refractivity contribution >= 4 is 17.5 Å². The van der Waals surface area contributed by atoms with Gasteiger partial charge >= 0.3 is 0 Å². The van der Waals surface area contributed by atoms with E-state index in [1.54, 1.807) is 0 Å². The topological polar surface area (TPSA) is 86.3 Å². The molecule has 0 fully saturated rings. The maximum Gasteiger partial charge on any atom is 0.258 e. The Bertz CT molecular complexity index is 810. The smallest absolute Gasteiger partial charge is 0.258 e. The predicted octanol–water partition coefficient (Wildman–Crippen LogP) is 1.53. The predicted molar refractivity (Wildman–Crippen MR) is 92.0 cm³/mol. The SMILES string of the molecule is COCCn1c(SCC(=O)c2cc(C)n(C)c2C)nc(O)cc1=O. The molecule has 2 heterocycles. The van der Waals surface area contributed by atoms with Crippen molar-refractivity contribution in [3.8, 4) is 5.88 Å². The van der Waals surface area contributed by atoms with E-state index in [1.807, 2.05) is 31.5 Å². The maximum atomic E-state index is 12.5. The Morgan fingerprint density at radius 1 is 1.38 bits per heavy atom. The van der Waals surface area contributed by atoms with Gasteiger partial charge < -0.3 is 14.4 Å². The van der Waals surface area contributed by atoms with E-state index in [4.69, 9.17) is 4.74 Å². The minimum absolute atomic E-state index is 0.0444. The standard InChI is InChI=1S/C16H21N3O4S/c1-10-7-12(11(2)18(10)3)13(20)9-24-16-17-14(21)8-15(22)19(16)5-6-23-4/h7-8,21H,5-6,9H2,1-4H3. The van der Waals surface area contributed by atoms with E-state index in [0.717, 1.165) is 29.2 Å². The lowest BCUT2D eigenvalue weighted by Crippen LogP contribution is -2.24. The van der Waals surface area contributed by atoms with Gasteiger partial charge in [0.15, 0.2) is 10.9 Å². The first-order valence-corrected chi connectivity index (χ1v) is 8.42. The summed E-state index contributed by atoms with van der Waals surface area (Å²) in [5.74, 6) is -0.264. The third-order valence-corrected chi connectivity index (χ3v) is 4.86. The maximum absolute atomic E-state index is 12.5. The molecule has 0 aromatic carbocycles. The van der Waals surface area contributed by atoms with Gasteiger partial charge in [0.1, 0.15) is 0 Å². The van der Waals surface area contributed by atoms with Crippen LogP contribution in [0, 0.1) is 13.8 Å². The summed E-state index contributed by atoms with van der Waals surface area (Å²) in [6, 6.07) is 2.90. The number of methoxy groups -OCH3 is 1. The van der Waals surface area contributed by atoms with Crippen LogP contribution < -0.4 is 5.56 Å². The van der Waals surface area contributed by atoms with Gasteiger partial charge in [-0.2, -0.15) is 4.98 Å². The van der Waals surface area contributed by atoms with Crippen LogP contribution in [0.4, 0.5) is 0 Å². The number of hydrogen-bond donors (Lipinski definition) is 1. The van der Waals surface area contributed by atoms with Crippen LogP contribution >= 0.6 is 11.8 Å². The van der Waals surface area contributed by atoms with E-state index in [-0.39, 0.29) is 23.0 Å². The molecule has 0 saturated heterocycles. The van der Waals surface area contributed by atoms with Crippen molar-refractivity contribution < 1.29 is 14.6 Å². The number of carbonyl (C=O) groups excluding carboxylic acids is 1. The van der Waals surface area contributed by atoms with Crippen LogP contribution in [0.2, 0.25) is 0 Å². The van der Waals surface area contributed by atoms with E-state index in [2.05, 4.69) is 4.98 Å². The highest BCUT2D eigenvalue weighted by Gasteiger charge is 2.16. The average molecular weight is 351 g/mol. The van der Waals surface area contributed by atoms with Crippen LogP contribution in [-0.2, 0) is 18.3 Å². The van der Waals surface area contributed by atoms with Crippen molar-refractivity contribution in [2.75, 3.05) is 19.5 Å². The quantitative estimate of drug-likeness (QED) is 0.462. The molecule has 0 amide bonds. The molecular weight excluding hydrogens is 330 g/mol. The van der Waals surface area contributed by atoms with Crippen LogP contribution in [-0.4, -0.2) is 44.5 Å². The van der Waals surface area contributed by atoms with E-state index >= 15 is 0 Å². The second-order valence-corrected chi connectivity index (χ2v) is 6.38. The Morgan fingerprint density at radius 3 is 2.67 bits per heavy atom. The zero-order chi connectivity index (χ0) is 17.9. The van der Waals surface area contributed by atoms with Gasteiger partial charge in [0.2, 0.25) is 5.88 Å². The van der Waals surface area contributed by atoms with Gasteiger partial charge in [-0.1, -0.05) is 11.8 Å². The minimum Gasteiger partial charge on any atom is -0.493 e. The molecule has 0 atom stereocenters. The first-order valence-electron chi connectivity index (χ1n) is 7.43. The van der Waals surface area contributed by atoms with Crippen molar-refractivity contribution in [1.29, 1.82) is 0 Å². The average Bonchev–Trinajstić information content (AvgIpc) is 2.79. The number of Topliss-reactive ketones (excluding diaryl/α,β-unsaturated/α-hetero) is 1. The molecule has 8 heteroatoms. The summed E-state index contributed by atoms with van der Waals surface area (Å²) >= 11 is 1.13. The second kappa shape index (κ2) is 7.67. The van der Waals surface area contributed by atoms with Crippen LogP contribution in [0.15, 0.2) is 22.1 Å². The first-order chi connectivity index (χ1) is 11.3. The number of ether oxygens (including phenoxy) is 1. The van der Waals surface area contributed by atoms with Crippen LogP contribution in [0.3, 0.4) is 0 Å². The molecule has 0 unspecified atom stereocenters. The lowest BCUT2D eigenvalue weighted by atomic mass is 10.2. The number of aryl methyl sites for hydroxylation is 1. The molecule has 0 aliphatic heterocycles. The third-order valence-electron chi connectivity index (χ3n) is 3.89. The first kappa shape index (κ1) is 18.3. The summed E-state index contributed by atoms with van der Waals surface area (Å²) in [5.41, 5.74) is 2.20. The van der Waals surface area contributed by atoms with Gasteiger partial charge in [0.05, 0.1) is 25.0 Å². The molecule has 0 spiro atoms. The lowest BCUT2D eigenvalue weighted by Gasteiger charge is -2.10. The Hall–Kier alpha value is -2.06. The number of aromatic nitrogens is 3. The van der Waals surface area contributed by atoms with Crippen molar-refractivity contribution in [2.24, 2.45) is 7.05 Å².